The van der Waals surface area contributed by atoms with Gasteiger partial charge in [0, 0.05) is 6.04 Å². The summed E-state index contributed by atoms with van der Waals surface area (Å²) in [7, 11) is 0. The average molecular weight is 301 g/mol. The fourth-order valence-electron chi connectivity index (χ4n) is 3.22. The second-order valence-corrected chi connectivity index (χ2v) is 6.49. The van der Waals surface area contributed by atoms with Crippen molar-refractivity contribution in [2.24, 2.45) is 0 Å². The lowest BCUT2D eigenvalue weighted by Crippen LogP contribution is -2.42. The van der Waals surface area contributed by atoms with Crippen LogP contribution in [0.4, 0.5) is 0 Å². The molecule has 1 N–H and O–H groups in total. The first-order valence-electron chi connectivity index (χ1n) is 8.19. The van der Waals surface area contributed by atoms with E-state index in [1.165, 1.54) is 0 Å². The lowest BCUT2D eigenvalue weighted by Gasteiger charge is -2.28. The van der Waals surface area contributed by atoms with Crippen LogP contribution in [0.25, 0.3) is 0 Å². The number of amides is 1. The van der Waals surface area contributed by atoms with Gasteiger partial charge in [-0.25, -0.2) is 0 Å². The topological polar surface area (TPSA) is 55.4 Å². The van der Waals surface area contributed by atoms with Crippen LogP contribution in [0.5, 0.6) is 0 Å². The van der Waals surface area contributed by atoms with E-state index in [2.05, 4.69) is 5.32 Å². The highest BCUT2D eigenvalue weighted by atomic mass is 16.5. The van der Waals surface area contributed by atoms with E-state index in [0.717, 1.165) is 44.1 Å². The summed E-state index contributed by atoms with van der Waals surface area (Å²) in [5.41, 5.74) is 0.433. The second kappa shape index (κ2) is 6.11. The number of ether oxygens (including phenoxy) is 1. The third-order valence-corrected chi connectivity index (χ3v) is 4.75. The van der Waals surface area contributed by atoms with Gasteiger partial charge in [-0.2, -0.15) is 0 Å². The van der Waals surface area contributed by atoms with Crippen LogP contribution in [0.1, 0.15) is 51.0 Å². The van der Waals surface area contributed by atoms with Gasteiger partial charge in [0.15, 0.2) is 6.10 Å². The Morgan fingerprint density at radius 2 is 1.82 bits per heavy atom. The molecule has 4 nitrogen and oxygen atoms in total. The van der Waals surface area contributed by atoms with E-state index >= 15 is 0 Å². The van der Waals surface area contributed by atoms with Crippen molar-refractivity contribution in [1.29, 1.82) is 0 Å². The molecule has 2 aliphatic carbocycles. The summed E-state index contributed by atoms with van der Waals surface area (Å²) >= 11 is 0. The van der Waals surface area contributed by atoms with Crippen molar-refractivity contribution < 1.29 is 14.3 Å². The van der Waals surface area contributed by atoms with E-state index in [1.807, 2.05) is 30.3 Å². The summed E-state index contributed by atoms with van der Waals surface area (Å²) in [4.78, 5) is 24.8. The Morgan fingerprint density at radius 3 is 2.41 bits per heavy atom. The van der Waals surface area contributed by atoms with Crippen LogP contribution in [0.3, 0.4) is 0 Å². The maximum Gasteiger partial charge on any atom is 0.317 e. The van der Waals surface area contributed by atoms with Gasteiger partial charge in [-0.15, -0.1) is 0 Å². The minimum atomic E-state index is -0.728. The molecule has 2 saturated carbocycles. The van der Waals surface area contributed by atoms with Crippen LogP contribution < -0.4 is 5.32 Å². The van der Waals surface area contributed by atoms with Crippen molar-refractivity contribution in [2.75, 3.05) is 0 Å². The van der Waals surface area contributed by atoms with Crippen LogP contribution in [0, 0.1) is 0 Å². The Labute approximate surface area is 131 Å². The third-order valence-electron chi connectivity index (χ3n) is 4.75. The summed E-state index contributed by atoms with van der Waals surface area (Å²) in [6.45, 7) is 1.66. The highest BCUT2D eigenvalue weighted by Gasteiger charge is 2.45. The Kier molecular flexibility index (Phi) is 4.19. The highest BCUT2D eigenvalue weighted by Crippen LogP contribution is 2.42. The number of esters is 1. The number of nitrogens with one attached hydrogen (secondary N) is 1. The first kappa shape index (κ1) is 15.1. The molecule has 1 atom stereocenters. The minimum Gasteiger partial charge on any atom is -0.452 e. The number of carbonyl (C=O) groups excluding carboxylic acids is 2. The first-order chi connectivity index (χ1) is 10.6. The van der Waals surface area contributed by atoms with Crippen molar-refractivity contribution in [3.05, 3.63) is 35.9 Å². The molecule has 0 aliphatic heterocycles. The molecule has 118 valence electrons. The molecule has 0 saturated heterocycles. The molecule has 0 spiro atoms. The molecule has 0 unspecified atom stereocenters. The highest BCUT2D eigenvalue weighted by molar-refractivity contribution is 5.88. The van der Waals surface area contributed by atoms with E-state index in [4.69, 9.17) is 4.74 Å². The van der Waals surface area contributed by atoms with Gasteiger partial charge in [-0.05, 0) is 38.2 Å². The van der Waals surface area contributed by atoms with E-state index in [9.17, 15) is 9.59 Å². The van der Waals surface area contributed by atoms with Gasteiger partial charge in [-0.3, -0.25) is 9.59 Å². The van der Waals surface area contributed by atoms with Crippen molar-refractivity contribution in [3.63, 3.8) is 0 Å². The largest absolute Gasteiger partial charge is 0.452 e. The predicted molar refractivity (Wildman–Crippen MR) is 83.3 cm³/mol. The fourth-order valence-corrected chi connectivity index (χ4v) is 3.22. The molecular formula is C18H23NO3. The number of benzene rings is 1. The van der Waals surface area contributed by atoms with Gasteiger partial charge in [0.05, 0.1) is 5.41 Å². The molecule has 3 rings (SSSR count). The van der Waals surface area contributed by atoms with Gasteiger partial charge < -0.3 is 10.1 Å². The van der Waals surface area contributed by atoms with E-state index < -0.39 is 11.5 Å². The molecule has 4 heteroatoms. The second-order valence-electron chi connectivity index (χ2n) is 6.49. The molecule has 1 aromatic carbocycles. The van der Waals surface area contributed by atoms with Crippen LogP contribution >= 0.6 is 0 Å². The number of hydrogen-bond acceptors (Lipinski definition) is 3. The monoisotopic (exact) mass is 301 g/mol. The first-order valence-corrected chi connectivity index (χ1v) is 8.19. The third kappa shape index (κ3) is 3.01. The maximum atomic E-state index is 12.8. The van der Waals surface area contributed by atoms with Crippen molar-refractivity contribution in [2.45, 2.75) is 63.0 Å². The Morgan fingerprint density at radius 1 is 1.18 bits per heavy atom. The van der Waals surface area contributed by atoms with Crippen molar-refractivity contribution >= 4 is 11.9 Å². The van der Waals surface area contributed by atoms with Crippen LogP contribution in [0.15, 0.2) is 30.3 Å². The molecule has 0 aromatic heterocycles. The van der Waals surface area contributed by atoms with Crippen LogP contribution in [-0.4, -0.2) is 24.0 Å². The zero-order valence-corrected chi connectivity index (χ0v) is 13.0. The standard InChI is InChI=1S/C18H23NO3/c1-13(16(20)19-15-9-10-15)22-17(21)18(11-5-6-12-18)14-7-3-2-4-8-14/h2-4,7-8,13,15H,5-6,9-12H2,1H3,(H,19,20)/t13-/m0/s1. The van der Waals surface area contributed by atoms with Crippen molar-refractivity contribution in [1.82, 2.24) is 5.32 Å². The smallest absolute Gasteiger partial charge is 0.317 e. The Bertz CT molecular complexity index is 545. The summed E-state index contributed by atoms with van der Waals surface area (Å²) in [6, 6.07) is 10.1. The van der Waals surface area contributed by atoms with Gasteiger partial charge in [0.1, 0.15) is 0 Å². The molecule has 1 aromatic rings. The van der Waals surface area contributed by atoms with Gasteiger partial charge >= 0.3 is 5.97 Å². The zero-order chi connectivity index (χ0) is 15.6. The normalized spacial score (nSPS) is 21.1. The molecule has 22 heavy (non-hydrogen) atoms. The molecule has 2 aliphatic rings. The number of hydrogen-bond donors (Lipinski definition) is 1. The summed E-state index contributed by atoms with van der Waals surface area (Å²) in [5, 5.41) is 2.89. The summed E-state index contributed by atoms with van der Waals surface area (Å²) in [5.74, 6) is -0.438. The Hall–Kier alpha value is -1.84. The molecular weight excluding hydrogens is 278 g/mol. The molecule has 0 radical (unpaired) electrons. The lowest BCUT2D eigenvalue weighted by atomic mass is 9.79. The number of rotatable bonds is 5. The van der Waals surface area contributed by atoms with E-state index in [0.29, 0.717) is 0 Å². The lowest BCUT2D eigenvalue weighted by molar-refractivity contribution is -0.160. The Balaban J connectivity index is 1.71. The molecule has 0 bridgehead atoms. The molecule has 2 fully saturated rings. The summed E-state index contributed by atoms with van der Waals surface area (Å²) < 4.78 is 5.53. The van der Waals surface area contributed by atoms with Gasteiger partial charge in [0.25, 0.3) is 5.91 Å². The van der Waals surface area contributed by atoms with Crippen molar-refractivity contribution in [3.8, 4) is 0 Å². The molecule has 0 heterocycles. The van der Waals surface area contributed by atoms with E-state index in [1.54, 1.807) is 6.92 Å². The van der Waals surface area contributed by atoms with Gasteiger partial charge in [-0.1, -0.05) is 43.2 Å². The predicted octanol–water partition coefficient (Wildman–Crippen LogP) is 2.71. The zero-order valence-electron chi connectivity index (χ0n) is 13.0. The van der Waals surface area contributed by atoms with E-state index in [-0.39, 0.29) is 17.9 Å². The van der Waals surface area contributed by atoms with Crippen LogP contribution in [0.2, 0.25) is 0 Å². The SMILES string of the molecule is C[C@H](OC(=O)C1(c2ccccc2)CCCC1)C(=O)NC1CC1. The fraction of sp³-hybridized carbons (Fsp3) is 0.556. The molecule has 1 amide bonds. The number of carbonyl (C=O) groups is 2. The maximum absolute atomic E-state index is 12.8. The van der Waals surface area contributed by atoms with Crippen LogP contribution in [-0.2, 0) is 19.7 Å². The summed E-state index contributed by atoms with van der Waals surface area (Å²) in [6.07, 6.45) is 4.97. The average Bonchev–Trinajstić information content (AvgIpc) is 3.20. The minimum absolute atomic E-state index is 0.183. The quantitative estimate of drug-likeness (QED) is 0.851. The van der Waals surface area contributed by atoms with Gasteiger partial charge in [0.2, 0.25) is 0 Å².